The van der Waals surface area contributed by atoms with Gasteiger partial charge in [-0.05, 0) is 51.1 Å². The van der Waals surface area contributed by atoms with Gasteiger partial charge in [0.05, 0.1) is 0 Å². The second kappa shape index (κ2) is 15.9. The third kappa shape index (κ3) is 15.8. The van der Waals surface area contributed by atoms with E-state index in [1.54, 1.807) is 0 Å². The van der Waals surface area contributed by atoms with Gasteiger partial charge in [0, 0.05) is 27.9 Å². The average molecular weight is 275 g/mol. The Morgan fingerprint density at radius 2 is 1.53 bits per heavy atom. The second-order valence-corrected chi connectivity index (χ2v) is 5.34. The molecule has 1 N–H and O–H groups in total. The summed E-state index contributed by atoms with van der Waals surface area (Å²) in [6.07, 6.45) is 7.09. The fourth-order valence-electron chi connectivity index (χ4n) is 1.81. The maximum absolute atomic E-state index is 5.60. The lowest BCUT2D eigenvalue weighted by Crippen LogP contribution is -2.17. The van der Waals surface area contributed by atoms with Crippen molar-refractivity contribution < 1.29 is 10.9 Å². The summed E-state index contributed by atoms with van der Waals surface area (Å²) in [7, 11) is 0. The molecule has 0 aromatic carbocycles. The van der Waals surface area contributed by atoms with E-state index in [1.807, 2.05) is 0 Å². The predicted octanol–water partition coefficient (Wildman–Crippen LogP) is 3.87. The molecule has 1 atom stereocenters. The standard InChI is InChI=1S/C16H35NO2.H2/c1-4-10-17-11-7-13-19-15-8-14-18-12-6-9-16(3)5-2;/h16-17H,4-15H2,1-3H3;1H. The zero-order valence-corrected chi connectivity index (χ0v) is 13.4. The van der Waals surface area contributed by atoms with Crippen molar-refractivity contribution in [3.8, 4) is 0 Å². The van der Waals surface area contributed by atoms with Crippen molar-refractivity contribution in [1.29, 1.82) is 0 Å². The highest BCUT2D eigenvalue weighted by Crippen LogP contribution is 2.08. The molecule has 19 heavy (non-hydrogen) atoms. The second-order valence-electron chi connectivity index (χ2n) is 5.34. The van der Waals surface area contributed by atoms with Crippen molar-refractivity contribution in [3.63, 3.8) is 0 Å². The van der Waals surface area contributed by atoms with Gasteiger partial charge in [-0.2, -0.15) is 0 Å². The monoisotopic (exact) mass is 275 g/mol. The molecule has 0 bridgehead atoms. The quantitative estimate of drug-likeness (QED) is 0.460. The van der Waals surface area contributed by atoms with Crippen LogP contribution in [-0.4, -0.2) is 39.5 Å². The minimum atomic E-state index is 0. The number of hydrogen-bond donors (Lipinski definition) is 1. The van der Waals surface area contributed by atoms with Crippen LogP contribution >= 0.6 is 0 Å². The SMILES string of the molecule is CCCNCCCOCCCOCCCC(C)CC.[HH]. The molecule has 0 spiro atoms. The molecule has 0 aliphatic carbocycles. The first kappa shape index (κ1) is 18.9. The maximum Gasteiger partial charge on any atom is 0.0487 e. The van der Waals surface area contributed by atoms with Gasteiger partial charge in [0.25, 0.3) is 0 Å². The van der Waals surface area contributed by atoms with Gasteiger partial charge in [-0.1, -0.05) is 27.2 Å². The summed E-state index contributed by atoms with van der Waals surface area (Å²) in [4.78, 5) is 0. The van der Waals surface area contributed by atoms with Crippen LogP contribution in [0, 0.1) is 5.92 Å². The molecule has 0 saturated heterocycles. The predicted molar refractivity (Wildman–Crippen MR) is 84.8 cm³/mol. The first-order chi connectivity index (χ1) is 9.31. The van der Waals surface area contributed by atoms with E-state index in [1.165, 1.54) is 25.7 Å². The minimum absolute atomic E-state index is 0. The first-order valence-electron chi connectivity index (χ1n) is 8.17. The fourth-order valence-corrected chi connectivity index (χ4v) is 1.81. The van der Waals surface area contributed by atoms with Crippen molar-refractivity contribution in [1.82, 2.24) is 5.32 Å². The summed E-state index contributed by atoms with van der Waals surface area (Å²) in [5, 5.41) is 3.37. The summed E-state index contributed by atoms with van der Waals surface area (Å²) in [6, 6.07) is 0. The van der Waals surface area contributed by atoms with Crippen LogP contribution < -0.4 is 5.32 Å². The molecule has 0 aliphatic rings. The molecular formula is C16H37NO2. The third-order valence-electron chi connectivity index (χ3n) is 3.33. The van der Waals surface area contributed by atoms with E-state index in [9.17, 15) is 0 Å². The summed E-state index contributed by atoms with van der Waals surface area (Å²) >= 11 is 0. The molecule has 0 fully saturated rings. The number of nitrogens with one attached hydrogen (secondary N) is 1. The number of hydrogen-bond acceptors (Lipinski definition) is 3. The van der Waals surface area contributed by atoms with Gasteiger partial charge in [0.15, 0.2) is 0 Å². The van der Waals surface area contributed by atoms with Gasteiger partial charge in [-0.15, -0.1) is 0 Å². The highest BCUT2D eigenvalue weighted by Gasteiger charge is 1.98. The maximum atomic E-state index is 5.60. The fraction of sp³-hybridized carbons (Fsp3) is 1.00. The summed E-state index contributed by atoms with van der Waals surface area (Å²) in [5.41, 5.74) is 0. The van der Waals surface area contributed by atoms with Crippen LogP contribution in [-0.2, 0) is 9.47 Å². The highest BCUT2D eigenvalue weighted by molar-refractivity contribution is 4.49. The molecule has 0 aliphatic heterocycles. The normalized spacial score (nSPS) is 12.8. The number of ether oxygens (including phenoxy) is 2. The summed E-state index contributed by atoms with van der Waals surface area (Å²) in [6.45, 7) is 12.4. The Balaban J connectivity index is 0. The lowest BCUT2D eigenvalue weighted by atomic mass is 10.0. The van der Waals surface area contributed by atoms with E-state index in [0.29, 0.717) is 0 Å². The molecule has 0 aromatic heterocycles. The Hall–Kier alpha value is -0.120. The van der Waals surface area contributed by atoms with E-state index in [4.69, 9.17) is 9.47 Å². The van der Waals surface area contributed by atoms with Gasteiger partial charge in [-0.25, -0.2) is 0 Å². The molecule has 0 radical (unpaired) electrons. The van der Waals surface area contributed by atoms with Crippen LogP contribution in [0.25, 0.3) is 0 Å². The van der Waals surface area contributed by atoms with Crippen molar-refractivity contribution in [2.45, 2.75) is 59.3 Å². The van der Waals surface area contributed by atoms with Gasteiger partial charge in [0.2, 0.25) is 0 Å². The van der Waals surface area contributed by atoms with E-state index in [0.717, 1.165) is 58.3 Å². The zero-order chi connectivity index (χ0) is 14.2. The Kier molecular flexibility index (Phi) is 15.8. The van der Waals surface area contributed by atoms with Gasteiger partial charge >= 0.3 is 0 Å². The Morgan fingerprint density at radius 3 is 2.16 bits per heavy atom. The molecule has 0 aromatic rings. The molecule has 1 unspecified atom stereocenters. The van der Waals surface area contributed by atoms with Crippen LogP contribution in [0.15, 0.2) is 0 Å². The molecule has 3 heteroatoms. The Morgan fingerprint density at radius 1 is 0.895 bits per heavy atom. The highest BCUT2D eigenvalue weighted by atomic mass is 16.5. The smallest absolute Gasteiger partial charge is 0.0487 e. The number of rotatable bonds is 15. The minimum Gasteiger partial charge on any atom is -0.381 e. The van der Waals surface area contributed by atoms with Crippen LogP contribution in [0.2, 0.25) is 0 Å². The van der Waals surface area contributed by atoms with Crippen LogP contribution in [0.5, 0.6) is 0 Å². The lowest BCUT2D eigenvalue weighted by molar-refractivity contribution is 0.0792. The third-order valence-corrected chi connectivity index (χ3v) is 3.33. The van der Waals surface area contributed by atoms with Crippen LogP contribution in [0.1, 0.15) is 60.7 Å². The molecule has 0 rings (SSSR count). The average Bonchev–Trinajstić information content (AvgIpc) is 2.43. The summed E-state index contributed by atoms with van der Waals surface area (Å²) < 4.78 is 11.2. The largest absolute Gasteiger partial charge is 0.381 e. The van der Waals surface area contributed by atoms with E-state index < -0.39 is 0 Å². The zero-order valence-electron chi connectivity index (χ0n) is 13.4. The van der Waals surface area contributed by atoms with E-state index >= 15 is 0 Å². The molecule has 0 amide bonds. The molecule has 0 heterocycles. The lowest BCUT2D eigenvalue weighted by Gasteiger charge is -2.08. The van der Waals surface area contributed by atoms with Gasteiger partial charge < -0.3 is 14.8 Å². The summed E-state index contributed by atoms with van der Waals surface area (Å²) in [5.74, 6) is 0.841. The topological polar surface area (TPSA) is 30.5 Å². The van der Waals surface area contributed by atoms with E-state index in [2.05, 4.69) is 26.1 Å². The van der Waals surface area contributed by atoms with Gasteiger partial charge in [0.1, 0.15) is 0 Å². The molecule has 118 valence electrons. The van der Waals surface area contributed by atoms with Crippen LogP contribution in [0.4, 0.5) is 0 Å². The van der Waals surface area contributed by atoms with Crippen LogP contribution in [0.3, 0.4) is 0 Å². The van der Waals surface area contributed by atoms with Crippen molar-refractivity contribution >= 4 is 0 Å². The van der Waals surface area contributed by atoms with Crippen molar-refractivity contribution in [3.05, 3.63) is 0 Å². The Bertz CT molecular complexity index is 171. The van der Waals surface area contributed by atoms with Crippen molar-refractivity contribution in [2.24, 2.45) is 5.92 Å². The molecule has 0 saturated carbocycles. The van der Waals surface area contributed by atoms with Gasteiger partial charge in [-0.3, -0.25) is 0 Å². The van der Waals surface area contributed by atoms with E-state index in [-0.39, 0.29) is 1.43 Å². The van der Waals surface area contributed by atoms with Crippen molar-refractivity contribution in [2.75, 3.05) is 39.5 Å². The molecular weight excluding hydrogens is 238 g/mol. The first-order valence-corrected chi connectivity index (χ1v) is 8.17. The molecule has 3 nitrogen and oxygen atoms in total. The Labute approximate surface area is 121 Å².